The molecule has 0 saturated carbocycles. The van der Waals surface area contributed by atoms with Crippen LogP contribution in [0.4, 0.5) is 5.82 Å². The van der Waals surface area contributed by atoms with Gasteiger partial charge in [0.25, 0.3) is 0 Å². The van der Waals surface area contributed by atoms with Gasteiger partial charge in [0, 0.05) is 37.7 Å². The lowest BCUT2D eigenvalue weighted by molar-refractivity contribution is 0.284. The van der Waals surface area contributed by atoms with Gasteiger partial charge in [0.2, 0.25) is 0 Å². The summed E-state index contributed by atoms with van der Waals surface area (Å²) >= 11 is 6.34. The smallest absolute Gasteiger partial charge is 0.163 e. The lowest BCUT2D eigenvalue weighted by Crippen LogP contribution is -2.46. The standard InChI is InChI=1S/C25H25ClN6/c26-23-11-5-4-10-21(23)18-32-25-22(17-29-32)24(27-19-28-25)31-15-13-30(14-16-31)12-6-9-20-7-2-1-3-8-20/h1-11,17,19H,12-16,18H2. The number of piperazine rings is 1. The zero-order valence-electron chi connectivity index (χ0n) is 17.8. The van der Waals surface area contributed by atoms with Crippen LogP contribution >= 0.6 is 11.6 Å². The first-order chi connectivity index (χ1) is 15.8. The molecular weight excluding hydrogens is 420 g/mol. The number of fused-ring (bicyclic) bond motifs is 1. The molecule has 4 aromatic rings. The fraction of sp³-hybridized carbons (Fsp3) is 0.240. The molecule has 1 aliphatic heterocycles. The first-order valence-electron chi connectivity index (χ1n) is 10.9. The Labute approximate surface area is 192 Å². The van der Waals surface area contributed by atoms with E-state index < -0.39 is 0 Å². The highest BCUT2D eigenvalue weighted by molar-refractivity contribution is 6.31. The van der Waals surface area contributed by atoms with Crippen molar-refractivity contribution in [1.82, 2.24) is 24.6 Å². The fourth-order valence-electron chi connectivity index (χ4n) is 4.08. The van der Waals surface area contributed by atoms with E-state index in [1.54, 1.807) is 6.33 Å². The van der Waals surface area contributed by atoms with Crippen molar-refractivity contribution in [3.63, 3.8) is 0 Å². The van der Waals surface area contributed by atoms with Gasteiger partial charge < -0.3 is 4.90 Å². The molecule has 0 bridgehead atoms. The van der Waals surface area contributed by atoms with Gasteiger partial charge in [-0.3, -0.25) is 4.90 Å². The topological polar surface area (TPSA) is 50.1 Å². The summed E-state index contributed by atoms with van der Waals surface area (Å²) in [7, 11) is 0. The van der Waals surface area contributed by atoms with Crippen molar-refractivity contribution in [3.05, 3.63) is 89.3 Å². The maximum absolute atomic E-state index is 6.34. The largest absolute Gasteiger partial charge is 0.353 e. The summed E-state index contributed by atoms with van der Waals surface area (Å²) < 4.78 is 1.90. The second-order valence-electron chi connectivity index (χ2n) is 7.93. The van der Waals surface area contributed by atoms with Crippen LogP contribution in [0.3, 0.4) is 0 Å². The third kappa shape index (κ3) is 4.52. The van der Waals surface area contributed by atoms with Gasteiger partial charge in [-0.25, -0.2) is 14.6 Å². The van der Waals surface area contributed by atoms with E-state index in [0.717, 1.165) is 60.2 Å². The van der Waals surface area contributed by atoms with E-state index in [4.69, 9.17) is 11.6 Å². The van der Waals surface area contributed by atoms with Crippen molar-refractivity contribution < 1.29 is 0 Å². The highest BCUT2D eigenvalue weighted by Gasteiger charge is 2.21. The molecule has 0 atom stereocenters. The van der Waals surface area contributed by atoms with E-state index >= 15 is 0 Å². The minimum Gasteiger partial charge on any atom is -0.353 e. The van der Waals surface area contributed by atoms with E-state index in [-0.39, 0.29) is 0 Å². The van der Waals surface area contributed by atoms with Gasteiger partial charge in [-0.05, 0) is 17.2 Å². The van der Waals surface area contributed by atoms with Crippen LogP contribution in [-0.2, 0) is 6.54 Å². The molecule has 2 aromatic carbocycles. The molecule has 0 aliphatic carbocycles. The summed E-state index contributed by atoms with van der Waals surface area (Å²) in [6.07, 6.45) is 7.94. The lowest BCUT2D eigenvalue weighted by Gasteiger charge is -2.35. The van der Waals surface area contributed by atoms with Crippen LogP contribution in [0.25, 0.3) is 17.1 Å². The number of rotatable bonds is 6. The van der Waals surface area contributed by atoms with Gasteiger partial charge >= 0.3 is 0 Å². The van der Waals surface area contributed by atoms with E-state index in [1.807, 2.05) is 41.2 Å². The molecule has 32 heavy (non-hydrogen) atoms. The zero-order valence-corrected chi connectivity index (χ0v) is 18.6. The van der Waals surface area contributed by atoms with Gasteiger partial charge in [-0.2, -0.15) is 5.10 Å². The third-order valence-electron chi connectivity index (χ3n) is 5.84. The van der Waals surface area contributed by atoms with E-state index in [1.165, 1.54) is 5.56 Å². The van der Waals surface area contributed by atoms with E-state index in [2.05, 4.69) is 61.3 Å². The van der Waals surface area contributed by atoms with Crippen molar-refractivity contribution >= 4 is 34.5 Å². The summed E-state index contributed by atoms with van der Waals surface area (Å²) in [5, 5.41) is 6.30. The van der Waals surface area contributed by atoms with E-state index in [0.29, 0.717) is 6.54 Å². The Bertz CT molecular complexity index is 1210. The van der Waals surface area contributed by atoms with Crippen molar-refractivity contribution in [2.24, 2.45) is 0 Å². The highest BCUT2D eigenvalue weighted by atomic mass is 35.5. The number of benzene rings is 2. The predicted octanol–water partition coefficient (Wildman–Crippen LogP) is 4.36. The second kappa shape index (κ2) is 9.51. The first kappa shape index (κ1) is 20.7. The first-order valence-corrected chi connectivity index (χ1v) is 11.2. The van der Waals surface area contributed by atoms with Gasteiger partial charge in [-0.15, -0.1) is 0 Å². The molecule has 0 radical (unpaired) electrons. The number of halogens is 1. The summed E-state index contributed by atoms with van der Waals surface area (Å²) in [5.74, 6) is 0.958. The van der Waals surface area contributed by atoms with Gasteiger partial charge in [0.1, 0.15) is 12.1 Å². The summed E-state index contributed by atoms with van der Waals surface area (Å²) in [6.45, 7) is 5.40. The van der Waals surface area contributed by atoms with Crippen LogP contribution in [0, 0.1) is 0 Å². The molecule has 0 spiro atoms. The van der Waals surface area contributed by atoms with Crippen molar-refractivity contribution in [2.45, 2.75) is 6.54 Å². The molecule has 3 heterocycles. The van der Waals surface area contributed by atoms with Crippen molar-refractivity contribution in [3.8, 4) is 0 Å². The molecule has 1 aliphatic rings. The number of nitrogens with zero attached hydrogens (tertiary/aromatic N) is 6. The lowest BCUT2D eigenvalue weighted by atomic mass is 10.2. The van der Waals surface area contributed by atoms with E-state index in [9.17, 15) is 0 Å². The Morgan fingerprint density at radius 2 is 1.69 bits per heavy atom. The predicted molar refractivity (Wildman–Crippen MR) is 130 cm³/mol. The minimum absolute atomic E-state index is 0.584. The van der Waals surface area contributed by atoms with Crippen LogP contribution < -0.4 is 4.90 Å². The Morgan fingerprint density at radius 3 is 2.50 bits per heavy atom. The van der Waals surface area contributed by atoms with Gasteiger partial charge in [0.15, 0.2) is 5.65 Å². The molecule has 1 fully saturated rings. The second-order valence-corrected chi connectivity index (χ2v) is 8.34. The Morgan fingerprint density at radius 1 is 0.906 bits per heavy atom. The summed E-state index contributed by atoms with van der Waals surface area (Å²) in [5.41, 5.74) is 3.10. The number of hydrogen-bond acceptors (Lipinski definition) is 5. The molecule has 5 rings (SSSR count). The molecule has 6 nitrogen and oxygen atoms in total. The maximum atomic E-state index is 6.34. The normalized spacial score (nSPS) is 15.1. The highest BCUT2D eigenvalue weighted by Crippen LogP contribution is 2.25. The Balaban J connectivity index is 1.25. The number of anilines is 1. The van der Waals surface area contributed by atoms with Gasteiger partial charge in [-0.1, -0.05) is 72.3 Å². The quantitative estimate of drug-likeness (QED) is 0.442. The van der Waals surface area contributed by atoms with Crippen molar-refractivity contribution in [2.75, 3.05) is 37.6 Å². The summed E-state index contributed by atoms with van der Waals surface area (Å²) in [6, 6.07) is 18.3. The van der Waals surface area contributed by atoms with Crippen LogP contribution in [0.1, 0.15) is 11.1 Å². The van der Waals surface area contributed by atoms with Crippen LogP contribution in [0.5, 0.6) is 0 Å². The SMILES string of the molecule is Clc1ccccc1Cn1ncc2c(N3CCN(CC=Cc4ccccc4)CC3)ncnc21. The van der Waals surface area contributed by atoms with Crippen LogP contribution in [0.15, 0.2) is 73.2 Å². The monoisotopic (exact) mass is 444 g/mol. The molecule has 0 N–H and O–H groups in total. The fourth-order valence-corrected chi connectivity index (χ4v) is 4.28. The molecule has 1 saturated heterocycles. The Hall–Kier alpha value is -3.22. The number of hydrogen-bond donors (Lipinski definition) is 0. The minimum atomic E-state index is 0.584. The zero-order chi connectivity index (χ0) is 21.8. The molecule has 7 heteroatoms. The van der Waals surface area contributed by atoms with Gasteiger partial charge in [0.05, 0.1) is 18.1 Å². The average molecular weight is 445 g/mol. The molecule has 2 aromatic heterocycles. The molecule has 0 amide bonds. The summed E-state index contributed by atoms with van der Waals surface area (Å²) in [4.78, 5) is 13.9. The van der Waals surface area contributed by atoms with Crippen LogP contribution in [0.2, 0.25) is 5.02 Å². The third-order valence-corrected chi connectivity index (χ3v) is 6.20. The van der Waals surface area contributed by atoms with Crippen molar-refractivity contribution in [1.29, 1.82) is 0 Å². The van der Waals surface area contributed by atoms with Crippen LogP contribution in [-0.4, -0.2) is 57.4 Å². The molecule has 0 unspecified atom stereocenters. The molecular formula is C25H25ClN6. The molecule has 162 valence electrons. The average Bonchev–Trinajstić information content (AvgIpc) is 3.25. The number of aromatic nitrogens is 4. The Kier molecular flexibility index (Phi) is 6.14. The maximum Gasteiger partial charge on any atom is 0.163 e.